The average Bonchev–Trinajstić information content (AvgIpc) is 2.63. The molecule has 0 radical (unpaired) electrons. The number of benzene rings is 2. The van der Waals surface area contributed by atoms with E-state index in [0.717, 1.165) is 0 Å². The van der Waals surface area contributed by atoms with Crippen LogP contribution in [0.5, 0.6) is 11.5 Å². The first-order chi connectivity index (χ1) is 12.0. The highest BCUT2D eigenvalue weighted by molar-refractivity contribution is 5.95. The van der Waals surface area contributed by atoms with Gasteiger partial charge in [-0.25, -0.2) is 0 Å². The summed E-state index contributed by atoms with van der Waals surface area (Å²) in [7, 11) is 5.11. The molecule has 0 aliphatic carbocycles. The Bertz CT molecular complexity index is 731. The van der Waals surface area contributed by atoms with Gasteiger partial charge in [0.15, 0.2) is 0 Å². The van der Waals surface area contributed by atoms with Crippen LogP contribution >= 0.6 is 0 Å². The minimum Gasteiger partial charge on any atom is -0.497 e. The molecule has 0 spiro atoms. The Morgan fingerprint density at radius 2 is 1.88 bits per heavy atom. The van der Waals surface area contributed by atoms with Crippen LogP contribution in [-0.4, -0.2) is 38.1 Å². The van der Waals surface area contributed by atoms with Crippen LogP contribution in [0, 0.1) is 6.92 Å². The lowest BCUT2D eigenvalue weighted by Gasteiger charge is -2.25. The lowest BCUT2D eigenvalue weighted by atomic mass is 10.1. The van der Waals surface area contributed by atoms with Crippen molar-refractivity contribution in [2.75, 3.05) is 26.6 Å². The molecule has 25 heavy (non-hydrogen) atoms. The van der Waals surface area contributed by atoms with Gasteiger partial charge in [-0.3, -0.25) is 9.69 Å². The molecule has 5 nitrogen and oxygen atoms in total. The van der Waals surface area contributed by atoms with Gasteiger partial charge in [0.25, 0.3) is 0 Å². The lowest BCUT2D eigenvalue weighted by Crippen LogP contribution is -2.39. The molecule has 1 unspecified atom stereocenters. The molecule has 0 saturated carbocycles. The molecule has 0 heterocycles. The van der Waals surface area contributed by atoms with E-state index in [-0.39, 0.29) is 11.9 Å². The Hall–Kier alpha value is -2.53. The van der Waals surface area contributed by atoms with Crippen molar-refractivity contribution in [2.24, 2.45) is 0 Å². The van der Waals surface area contributed by atoms with Gasteiger partial charge in [0, 0.05) is 12.6 Å². The molecule has 2 rings (SSSR count). The zero-order chi connectivity index (χ0) is 18.4. The number of carbonyl (C=O) groups is 1. The van der Waals surface area contributed by atoms with E-state index in [2.05, 4.69) is 24.4 Å². The average molecular weight is 342 g/mol. The number of hydrogen-bond acceptors (Lipinski definition) is 4. The second kappa shape index (κ2) is 8.53. The minimum atomic E-state index is -0.286. The van der Waals surface area contributed by atoms with E-state index in [4.69, 9.17) is 9.47 Å². The summed E-state index contributed by atoms with van der Waals surface area (Å²) in [4.78, 5) is 14.6. The maximum atomic E-state index is 12.6. The van der Waals surface area contributed by atoms with Crippen molar-refractivity contribution in [1.82, 2.24) is 4.90 Å². The summed E-state index contributed by atoms with van der Waals surface area (Å²) < 4.78 is 10.5. The second-order valence-corrected chi connectivity index (χ2v) is 6.07. The first-order valence-electron chi connectivity index (χ1n) is 8.24. The SMILES string of the molecule is COc1ccc(NC(=O)C(C)N(C)Cc2ccccc2C)c(OC)c1. The molecule has 0 bridgehead atoms. The molecular formula is C20H26N2O3. The number of anilines is 1. The van der Waals surface area contributed by atoms with E-state index in [1.54, 1.807) is 32.4 Å². The van der Waals surface area contributed by atoms with Crippen molar-refractivity contribution in [3.05, 3.63) is 53.6 Å². The minimum absolute atomic E-state index is 0.0837. The lowest BCUT2D eigenvalue weighted by molar-refractivity contribution is -0.120. The van der Waals surface area contributed by atoms with Crippen LogP contribution in [-0.2, 0) is 11.3 Å². The highest BCUT2D eigenvalue weighted by Gasteiger charge is 2.20. The Kier molecular flexibility index (Phi) is 6.42. The van der Waals surface area contributed by atoms with Crippen LogP contribution in [0.4, 0.5) is 5.69 Å². The summed E-state index contributed by atoms with van der Waals surface area (Å²) in [5.41, 5.74) is 3.06. The van der Waals surface area contributed by atoms with Gasteiger partial charge in [-0.05, 0) is 44.2 Å². The maximum absolute atomic E-state index is 12.6. The van der Waals surface area contributed by atoms with Crippen LogP contribution < -0.4 is 14.8 Å². The van der Waals surface area contributed by atoms with E-state index in [9.17, 15) is 4.79 Å². The number of likely N-dealkylation sites (N-methyl/N-ethyl adjacent to an activating group) is 1. The van der Waals surface area contributed by atoms with Gasteiger partial charge < -0.3 is 14.8 Å². The zero-order valence-corrected chi connectivity index (χ0v) is 15.5. The molecule has 1 amide bonds. The predicted molar refractivity (Wildman–Crippen MR) is 100 cm³/mol. The summed E-state index contributed by atoms with van der Waals surface area (Å²) in [6, 6.07) is 13.2. The predicted octanol–water partition coefficient (Wildman–Crippen LogP) is 3.47. The normalized spacial score (nSPS) is 11.9. The molecule has 5 heteroatoms. The fraction of sp³-hybridized carbons (Fsp3) is 0.350. The number of methoxy groups -OCH3 is 2. The third-order valence-corrected chi connectivity index (χ3v) is 4.39. The number of nitrogens with zero attached hydrogens (tertiary/aromatic N) is 1. The number of rotatable bonds is 7. The van der Waals surface area contributed by atoms with Crippen molar-refractivity contribution in [3.63, 3.8) is 0 Å². The molecule has 2 aromatic rings. The number of nitrogens with one attached hydrogen (secondary N) is 1. The topological polar surface area (TPSA) is 50.8 Å². The standard InChI is InChI=1S/C20H26N2O3/c1-14-8-6-7-9-16(14)13-22(3)15(2)20(23)21-18-11-10-17(24-4)12-19(18)25-5/h6-12,15H,13H2,1-5H3,(H,21,23). The summed E-state index contributed by atoms with van der Waals surface area (Å²) in [6.07, 6.45) is 0. The molecule has 1 atom stereocenters. The quantitative estimate of drug-likeness (QED) is 0.837. The van der Waals surface area contributed by atoms with E-state index in [1.807, 2.05) is 31.0 Å². The van der Waals surface area contributed by atoms with Gasteiger partial charge in [0.05, 0.1) is 25.9 Å². The largest absolute Gasteiger partial charge is 0.497 e. The van der Waals surface area contributed by atoms with Crippen molar-refractivity contribution in [1.29, 1.82) is 0 Å². The molecule has 0 aromatic heterocycles. The van der Waals surface area contributed by atoms with Gasteiger partial charge in [-0.1, -0.05) is 24.3 Å². The number of hydrogen-bond donors (Lipinski definition) is 1. The van der Waals surface area contributed by atoms with E-state index in [1.165, 1.54) is 11.1 Å². The molecule has 134 valence electrons. The Balaban J connectivity index is 2.06. The van der Waals surface area contributed by atoms with Gasteiger partial charge in [-0.2, -0.15) is 0 Å². The summed E-state index contributed by atoms with van der Waals surface area (Å²) >= 11 is 0. The van der Waals surface area contributed by atoms with Crippen molar-refractivity contribution < 1.29 is 14.3 Å². The smallest absolute Gasteiger partial charge is 0.241 e. The van der Waals surface area contributed by atoms with E-state index < -0.39 is 0 Å². The summed E-state index contributed by atoms with van der Waals surface area (Å²) in [5.74, 6) is 1.17. The van der Waals surface area contributed by atoms with Gasteiger partial charge in [-0.15, -0.1) is 0 Å². The first kappa shape index (κ1) is 18.8. The van der Waals surface area contributed by atoms with Crippen LogP contribution in [0.1, 0.15) is 18.1 Å². The number of carbonyl (C=O) groups excluding carboxylic acids is 1. The summed E-state index contributed by atoms with van der Waals surface area (Å²) in [6.45, 7) is 4.68. The van der Waals surface area contributed by atoms with Crippen molar-refractivity contribution in [3.8, 4) is 11.5 Å². The van der Waals surface area contributed by atoms with E-state index in [0.29, 0.717) is 23.7 Å². The number of aryl methyl sites for hydroxylation is 1. The van der Waals surface area contributed by atoms with Crippen LogP contribution in [0.25, 0.3) is 0 Å². The van der Waals surface area contributed by atoms with E-state index >= 15 is 0 Å². The second-order valence-electron chi connectivity index (χ2n) is 6.07. The maximum Gasteiger partial charge on any atom is 0.241 e. The monoisotopic (exact) mass is 342 g/mol. The fourth-order valence-corrected chi connectivity index (χ4v) is 2.53. The Morgan fingerprint density at radius 3 is 2.52 bits per heavy atom. The first-order valence-corrected chi connectivity index (χ1v) is 8.24. The molecule has 0 saturated heterocycles. The third-order valence-electron chi connectivity index (χ3n) is 4.39. The van der Waals surface area contributed by atoms with Crippen LogP contribution in [0.15, 0.2) is 42.5 Å². The third kappa shape index (κ3) is 4.73. The molecule has 0 fully saturated rings. The molecule has 0 aliphatic heterocycles. The van der Waals surface area contributed by atoms with Crippen LogP contribution in [0.2, 0.25) is 0 Å². The number of ether oxygens (including phenoxy) is 2. The van der Waals surface area contributed by atoms with Crippen LogP contribution in [0.3, 0.4) is 0 Å². The van der Waals surface area contributed by atoms with Gasteiger partial charge >= 0.3 is 0 Å². The molecule has 0 aliphatic rings. The Labute approximate surface area is 149 Å². The summed E-state index contributed by atoms with van der Waals surface area (Å²) in [5, 5.41) is 2.93. The van der Waals surface area contributed by atoms with Crippen molar-refractivity contribution in [2.45, 2.75) is 26.4 Å². The highest BCUT2D eigenvalue weighted by atomic mass is 16.5. The van der Waals surface area contributed by atoms with Gasteiger partial charge in [0.2, 0.25) is 5.91 Å². The molecule has 1 N–H and O–H groups in total. The molecule has 2 aromatic carbocycles. The molecular weight excluding hydrogens is 316 g/mol. The Morgan fingerprint density at radius 1 is 1.16 bits per heavy atom. The van der Waals surface area contributed by atoms with Crippen molar-refractivity contribution >= 4 is 11.6 Å². The zero-order valence-electron chi connectivity index (χ0n) is 15.5. The highest BCUT2D eigenvalue weighted by Crippen LogP contribution is 2.29. The fourth-order valence-electron chi connectivity index (χ4n) is 2.53. The van der Waals surface area contributed by atoms with Gasteiger partial charge in [0.1, 0.15) is 11.5 Å². The number of amides is 1.